The van der Waals surface area contributed by atoms with E-state index in [1.165, 1.54) is 6.33 Å². The summed E-state index contributed by atoms with van der Waals surface area (Å²) in [6, 6.07) is 7.75. The average Bonchev–Trinajstić information content (AvgIpc) is 3.09. The van der Waals surface area contributed by atoms with Crippen molar-refractivity contribution >= 4 is 29.0 Å². The van der Waals surface area contributed by atoms with E-state index >= 15 is 0 Å². The lowest BCUT2D eigenvalue weighted by molar-refractivity contribution is -0.128. The second kappa shape index (κ2) is 10.3. The van der Waals surface area contributed by atoms with Crippen LogP contribution in [0.5, 0.6) is 0 Å². The Balaban J connectivity index is 1.65. The van der Waals surface area contributed by atoms with Gasteiger partial charge in [0.2, 0.25) is 11.8 Å². The van der Waals surface area contributed by atoms with Crippen molar-refractivity contribution in [3.05, 3.63) is 41.9 Å². The fourth-order valence-corrected chi connectivity index (χ4v) is 3.73. The number of carbonyl (C=O) groups excluding carboxylic acids is 2. The predicted octanol–water partition coefficient (Wildman–Crippen LogP) is 2.83. The molecule has 1 saturated heterocycles. The van der Waals surface area contributed by atoms with Crippen LogP contribution in [0.3, 0.4) is 0 Å². The number of benzene rings is 1. The second-order valence-electron chi connectivity index (χ2n) is 8.28. The monoisotopic (exact) mass is 424 g/mol. The zero-order valence-electron chi connectivity index (χ0n) is 18.8. The van der Waals surface area contributed by atoms with Gasteiger partial charge < -0.3 is 20.4 Å². The summed E-state index contributed by atoms with van der Waals surface area (Å²) in [5.74, 6) is 0.332. The van der Waals surface area contributed by atoms with Crippen LogP contribution in [0, 0.1) is 12.8 Å². The predicted molar refractivity (Wildman–Crippen MR) is 122 cm³/mol. The highest BCUT2D eigenvalue weighted by Crippen LogP contribution is 2.26. The molecule has 0 saturated carbocycles. The van der Waals surface area contributed by atoms with E-state index in [2.05, 4.69) is 32.4 Å². The van der Waals surface area contributed by atoms with Crippen LogP contribution >= 0.6 is 0 Å². The molecule has 2 N–H and O–H groups in total. The first-order chi connectivity index (χ1) is 14.9. The summed E-state index contributed by atoms with van der Waals surface area (Å²) in [5, 5.41) is 6.31. The number of hydrogen-bond donors (Lipinski definition) is 2. The molecule has 8 nitrogen and oxygen atoms in total. The lowest BCUT2D eigenvalue weighted by Gasteiger charge is -2.18. The maximum atomic E-state index is 12.9. The summed E-state index contributed by atoms with van der Waals surface area (Å²) >= 11 is 0. The van der Waals surface area contributed by atoms with E-state index in [1.807, 2.05) is 50.2 Å². The quantitative estimate of drug-likeness (QED) is 0.643. The van der Waals surface area contributed by atoms with Crippen LogP contribution in [0.25, 0.3) is 0 Å². The van der Waals surface area contributed by atoms with E-state index in [0.29, 0.717) is 18.9 Å². The highest BCUT2D eigenvalue weighted by atomic mass is 16.2. The van der Waals surface area contributed by atoms with Crippen LogP contribution in [0.2, 0.25) is 0 Å². The Labute approximate surface area is 184 Å². The van der Waals surface area contributed by atoms with Gasteiger partial charge in [-0.1, -0.05) is 13.0 Å². The molecule has 1 aromatic carbocycles. The number of amides is 2. The van der Waals surface area contributed by atoms with Gasteiger partial charge in [0.1, 0.15) is 12.1 Å². The minimum Gasteiger partial charge on any atom is -0.342 e. The second-order valence-corrected chi connectivity index (χ2v) is 8.28. The van der Waals surface area contributed by atoms with Crippen molar-refractivity contribution in [2.75, 3.05) is 44.4 Å². The largest absolute Gasteiger partial charge is 0.342 e. The van der Waals surface area contributed by atoms with Crippen molar-refractivity contribution in [1.82, 2.24) is 19.8 Å². The molecule has 2 aromatic rings. The Morgan fingerprint density at radius 1 is 1.26 bits per heavy atom. The van der Waals surface area contributed by atoms with Crippen LogP contribution in [0.15, 0.2) is 30.6 Å². The number of carbonyl (C=O) groups is 2. The molecule has 1 atom stereocenters. The Morgan fingerprint density at radius 3 is 2.77 bits per heavy atom. The number of aromatic nitrogens is 2. The highest BCUT2D eigenvalue weighted by Gasteiger charge is 2.34. The van der Waals surface area contributed by atoms with E-state index in [-0.39, 0.29) is 24.2 Å². The van der Waals surface area contributed by atoms with Crippen LogP contribution in [-0.2, 0) is 16.0 Å². The van der Waals surface area contributed by atoms with Gasteiger partial charge in [0.15, 0.2) is 0 Å². The van der Waals surface area contributed by atoms with Gasteiger partial charge in [0.25, 0.3) is 0 Å². The standard InChI is InChI=1S/C23H32N6O2/c1-5-17-7-8-19(26-21-11-16(2)24-15-25-21)13-20(17)27-23(31)18-12-22(30)29(14-18)10-6-9-28(3)4/h7-8,11,13,15,18H,5-6,9-10,12,14H2,1-4H3,(H,27,31)(H,24,25,26). The van der Waals surface area contributed by atoms with Crippen LogP contribution < -0.4 is 10.6 Å². The average molecular weight is 425 g/mol. The first-order valence-corrected chi connectivity index (χ1v) is 10.8. The molecule has 1 aromatic heterocycles. The van der Waals surface area contributed by atoms with E-state index in [4.69, 9.17) is 0 Å². The van der Waals surface area contributed by atoms with Crippen molar-refractivity contribution < 1.29 is 9.59 Å². The number of nitrogens with one attached hydrogen (secondary N) is 2. The SMILES string of the molecule is CCc1ccc(Nc2cc(C)ncn2)cc1NC(=O)C1CC(=O)N(CCCN(C)C)C1. The molecule has 3 rings (SSSR count). The number of rotatable bonds is 9. The molecule has 1 fully saturated rings. The molecular formula is C23H32N6O2. The smallest absolute Gasteiger partial charge is 0.229 e. The molecule has 1 aliphatic heterocycles. The molecule has 1 aliphatic rings. The Morgan fingerprint density at radius 2 is 2.06 bits per heavy atom. The Kier molecular flexibility index (Phi) is 7.57. The summed E-state index contributed by atoms with van der Waals surface area (Å²) in [6.07, 6.45) is 3.49. The fraction of sp³-hybridized carbons (Fsp3) is 0.478. The van der Waals surface area contributed by atoms with Gasteiger partial charge in [-0.05, 0) is 58.1 Å². The van der Waals surface area contributed by atoms with Crippen LogP contribution in [-0.4, -0.2) is 65.3 Å². The van der Waals surface area contributed by atoms with Crippen molar-refractivity contribution in [3.8, 4) is 0 Å². The summed E-state index contributed by atoms with van der Waals surface area (Å²) in [5.41, 5.74) is 3.52. The third-order valence-electron chi connectivity index (χ3n) is 5.44. The summed E-state index contributed by atoms with van der Waals surface area (Å²) in [6.45, 7) is 6.06. The normalized spacial score (nSPS) is 16.1. The molecule has 2 amide bonds. The molecule has 1 unspecified atom stereocenters. The maximum absolute atomic E-state index is 12.9. The van der Waals surface area contributed by atoms with Crippen molar-refractivity contribution in [1.29, 1.82) is 0 Å². The lowest BCUT2D eigenvalue weighted by Crippen LogP contribution is -2.30. The number of likely N-dealkylation sites (tertiary alicyclic amines) is 1. The summed E-state index contributed by atoms with van der Waals surface area (Å²) in [4.78, 5) is 37.5. The van der Waals surface area contributed by atoms with E-state index in [9.17, 15) is 9.59 Å². The molecule has 0 aliphatic carbocycles. The van der Waals surface area contributed by atoms with Gasteiger partial charge in [0, 0.05) is 42.6 Å². The van der Waals surface area contributed by atoms with E-state index in [1.54, 1.807) is 0 Å². The number of nitrogens with zero attached hydrogens (tertiary/aromatic N) is 4. The van der Waals surface area contributed by atoms with Crippen LogP contribution in [0.1, 0.15) is 31.0 Å². The maximum Gasteiger partial charge on any atom is 0.229 e. The van der Waals surface area contributed by atoms with E-state index in [0.717, 1.165) is 42.0 Å². The first kappa shape index (κ1) is 22.7. The lowest BCUT2D eigenvalue weighted by atomic mass is 10.1. The van der Waals surface area contributed by atoms with Crippen molar-refractivity contribution in [2.24, 2.45) is 5.92 Å². The molecule has 2 heterocycles. The topological polar surface area (TPSA) is 90.5 Å². The van der Waals surface area contributed by atoms with Crippen LogP contribution in [0.4, 0.5) is 17.2 Å². The third kappa shape index (κ3) is 6.24. The zero-order valence-corrected chi connectivity index (χ0v) is 18.8. The summed E-state index contributed by atoms with van der Waals surface area (Å²) < 4.78 is 0. The number of hydrogen-bond acceptors (Lipinski definition) is 6. The highest BCUT2D eigenvalue weighted by molar-refractivity contribution is 5.98. The fourth-order valence-electron chi connectivity index (χ4n) is 3.73. The Bertz CT molecular complexity index is 930. The molecular weight excluding hydrogens is 392 g/mol. The minimum absolute atomic E-state index is 0.0594. The van der Waals surface area contributed by atoms with E-state index < -0.39 is 0 Å². The summed E-state index contributed by atoms with van der Waals surface area (Å²) in [7, 11) is 4.03. The van der Waals surface area contributed by atoms with Crippen molar-refractivity contribution in [3.63, 3.8) is 0 Å². The van der Waals surface area contributed by atoms with Gasteiger partial charge in [-0.3, -0.25) is 9.59 Å². The molecule has 0 spiro atoms. The van der Waals surface area contributed by atoms with Gasteiger partial charge in [-0.15, -0.1) is 0 Å². The van der Waals surface area contributed by atoms with Gasteiger partial charge in [-0.2, -0.15) is 0 Å². The minimum atomic E-state index is -0.322. The molecule has 166 valence electrons. The number of aryl methyl sites for hydroxylation is 2. The molecule has 8 heteroatoms. The molecule has 31 heavy (non-hydrogen) atoms. The van der Waals surface area contributed by atoms with Crippen molar-refractivity contribution in [2.45, 2.75) is 33.1 Å². The van der Waals surface area contributed by atoms with Gasteiger partial charge >= 0.3 is 0 Å². The molecule has 0 radical (unpaired) electrons. The van der Waals surface area contributed by atoms with Gasteiger partial charge in [-0.25, -0.2) is 9.97 Å². The Hall–Kier alpha value is -3.00. The third-order valence-corrected chi connectivity index (χ3v) is 5.44. The zero-order chi connectivity index (χ0) is 22.4. The van der Waals surface area contributed by atoms with Gasteiger partial charge in [0.05, 0.1) is 5.92 Å². The molecule has 0 bridgehead atoms. The first-order valence-electron chi connectivity index (χ1n) is 10.8. The number of anilines is 3.